The van der Waals surface area contributed by atoms with E-state index in [1.807, 2.05) is 0 Å². The summed E-state index contributed by atoms with van der Waals surface area (Å²) in [4.78, 5) is 2.80. The summed E-state index contributed by atoms with van der Waals surface area (Å²) in [5.41, 5.74) is 3.52. The highest BCUT2D eigenvalue weighted by atomic mass is 15.2. The van der Waals surface area contributed by atoms with Gasteiger partial charge in [-0.1, -0.05) is 5.57 Å². The van der Waals surface area contributed by atoms with Crippen LogP contribution in [0.3, 0.4) is 0 Å². The van der Waals surface area contributed by atoms with Crippen molar-refractivity contribution in [1.82, 2.24) is 10.2 Å². The first-order chi connectivity index (χ1) is 9.85. The molecule has 20 heavy (non-hydrogen) atoms. The second-order valence-electron chi connectivity index (χ2n) is 8.40. The molecule has 4 saturated carbocycles. The fourth-order valence-electron chi connectivity index (χ4n) is 6.50. The summed E-state index contributed by atoms with van der Waals surface area (Å²) in [6, 6.07) is 0. The minimum absolute atomic E-state index is 1.05. The molecule has 2 aliphatic heterocycles. The zero-order chi connectivity index (χ0) is 13.1. The van der Waals surface area contributed by atoms with Gasteiger partial charge < -0.3 is 5.32 Å². The molecule has 4 fully saturated rings. The zero-order valence-electron chi connectivity index (χ0n) is 12.6. The quantitative estimate of drug-likeness (QED) is 0.778. The molecule has 1 N–H and O–H groups in total. The maximum Gasteiger partial charge on any atom is 0.0212 e. The number of nitrogens with one attached hydrogen (secondary N) is 1. The van der Waals surface area contributed by atoms with Crippen LogP contribution in [0.5, 0.6) is 0 Å². The third kappa shape index (κ3) is 1.91. The highest BCUT2D eigenvalue weighted by Gasteiger charge is 2.48. The SMILES string of the molecule is C1CC2=C(CN1)CN(CC1C3CC4CC(C3)CC1C4)C2. The van der Waals surface area contributed by atoms with Gasteiger partial charge in [0.15, 0.2) is 0 Å². The van der Waals surface area contributed by atoms with Crippen molar-refractivity contribution < 1.29 is 0 Å². The van der Waals surface area contributed by atoms with Crippen LogP contribution in [0.15, 0.2) is 11.1 Å². The van der Waals surface area contributed by atoms with E-state index in [0.717, 1.165) is 29.6 Å². The van der Waals surface area contributed by atoms with E-state index in [4.69, 9.17) is 0 Å². The van der Waals surface area contributed by atoms with Crippen molar-refractivity contribution in [1.29, 1.82) is 0 Å². The van der Waals surface area contributed by atoms with E-state index >= 15 is 0 Å². The van der Waals surface area contributed by atoms with Gasteiger partial charge in [0.05, 0.1) is 0 Å². The fraction of sp³-hybridized carbons (Fsp3) is 0.889. The molecule has 0 saturated heterocycles. The van der Waals surface area contributed by atoms with Gasteiger partial charge >= 0.3 is 0 Å². The molecule has 110 valence electrons. The molecule has 0 radical (unpaired) electrons. The smallest absolute Gasteiger partial charge is 0.0212 e. The van der Waals surface area contributed by atoms with Crippen LogP contribution in [0.2, 0.25) is 0 Å². The molecular weight excluding hydrogens is 244 g/mol. The van der Waals surface area contributed by atoms with Gasteiger partial charge in [-0.3, -0.25) is 4.90 Å². The van der Waals surface area contributed by atoms with Crippen molar-refractivity contribution >= 4 is 0 Å². The third-order valence-corrected chi connectivity index (χ3v) is 7.16. The molecule has 0 spiro atoms. The van der Waals surface area contributed by atoms with Gasteiger partial charge in [-0.25, -0.2) is 0 Å². The molecule has 6 aliphatic rings. The minimum Gasteiger partial charge on any atom is -0.313 e. The fourth-order valence-corrected chi connectivity index (χ4v) is 6.50. The van der Waals surface area contributed by atoms with Crippen LogP contribution in [-0.4, -0.2) is 37.6 Å². The predicted molar refractivity (Wildman–Crippen MR) is 81.5 cm³/mol. The van der Waals surface area contributed by atoms with Crippen molar-refractivity contribution in [3.05, 3.63) is 11.1 Å². The average molecular weight is 272 g/mol. The first kappa shape index (κ1) is 12.2. The van der Waals surface area contributed by atoms with Crippen LogP contribution in [0, 0.1) is 29.6 Å². The van der Waals surface area contributed by atoms with Gasteiger partial charge in [0.1, 0.15) is 0 Å². The molecule has 6 rings (SSSR count). The Morgan fingerprint density at radius 3 is 2.30 bits per heavy atom. The first-order valence-corrected chi connectivity index (χ1v) is 8.98. The lowest BCUT2D eigenvalue weighted by molar-refractivity contribution is -0.0466. The monoisotopic (exact) mass is 272 g/mol. The zero-order valence-corrected chi connectivity index (χ0v) is 12.6. The maximum absolute atomic E-state index is 3.55. The summed E-state index contributed by atoms with van der Waals surface area (Å²) >= 11 is 0. The van der Waals surface area contributed by atoms with E-state index in [9.17, 15) is 0 Å². The van der Waals surface area contributed by atoms with Crippen LogP contribution in [0.4, 0.5) is 0 Å². The predicted octanol–water partition coefficient (Wildman–Crippen LogP) is 2.66. The summed E-state index contributed by atoms with van der Waals surface area (Å²) in [5.74, 6) is 5.51. The van der Waals surface area contributed by atoms with Crippen LogP contribution in [0.25, 0.3) is 0 Å². The highest BCUT2D eigenvalue weighted by Crippen LogP contribution is 2.56. The largest absolute Gasteiger partial charge is 0.313 e. The normalized spacial score (nSPS) is 47.1. The number of nitrogens with zero attached hydrogens (tertiary/aromatic N) is 1. The number of hydrogen-bond donors (Lipinski definition) is 1. The molecule has 2 heterocycles. The summed E-state index contributed by atoms with van der Waals surface area (Å²) in [6.07, 6.45) is 9.24. The lowest BCUT2D eigenvalue weighted by atomic mass is 9.52. The summed E-state index contributed by atoms with van der Waals surface area (Å²) < 4.78 is 0. The third-order valence-electron chi connectivity index (χ3n) is 7.16. The molecule has 4 aliphatic carbocycles. The molecule has 2 nitrogen and oxygen atoms in total. The van der Waals surface area contributed by atoms with Crippen molar-refractivity contribution in [3.63, 3.8) is 0 Å². The average Bonchev–Trinajstić information content (AvgIpc) is 2.84. The van der Waals surface area contributed by atoms with E-state index in [-0.39, 0.29) is 0 Å². The Kier molecular flexibility index (Phi) is 2.80. The van der Waals surface area contributed by atoms with Crippen molar-refractivity contribution in [3.8, 4) is 0 Å². The Morgan fingerprint density at radius 1 is 0.900 bits per heavy atom. The van der Waals surface area contributed by atoms with Gasteiger partial charge in [0.25, 0.3) is 0 Å². The number of rotatable bonds is 2. The molecule has 0 unspecified atom stereocenters. The van der Waals surface area contributed by atoms with Crippen LogP contribution in [-0.2, 0) is 0 Å². The number of hydrogen-bond acceptors (Lipinski definition) is 2. The lowest BCUT2D eigenvalue weighted by Crippen LogP contribution is -2.49. The summed E-state index contributed by atoms with van der Waals surface area (Å²) in [5, 5.41) is 3.55. The minimum atomic E-state index is 1.05. The molecular formula is C18H28N2. The molecule has 0 aromatic heterocycles. The maximum atomic E-state index is 3.55. The molecule has 0 amide bonds. The topological polar surface area (TPSA) is 15.3 Å². The van der Waals surface area contributed by atoms with Crippen molar-refractivity contribution in [2.45, 2.75) is 38.5 Å². The van der Waals surface area contributed by atoms with E-state index in [1.54, 1.807) is 43.3 Å². The molecule has 4 bridgehead atoms. The second-order valence-corrected chi connectivity index (χ2v) is 8.40. The lowest BCUT2D eigenvalue weighted by Gasteiger charge is -2.55. The standard InChI is InChI=1S/C18H28N2/c1-2-19-8-17-10-20(9-14(1)17)11-18-15-4-12-3-13(6-15)7-16(18)5-12/h12-13,15-16,18-19H,1-11H2. The van der Waals surface area contributed by atoms with Crippen LogP contribution in [0.1, 0.15) is 38.5 Å². The highest BCUT2D eigenvalue weighted by molar-refractivity contribution is 5.26. The van der Waals surface area contributed by atoms with Gasteiger partial charge in [0, 0.05) is 26.2 Å². The van der Waals surface area contributed by atoms with Crippen LogP contribution < -0.4 is 5.32 Å². The molecule has 0 aromatic rings. The van der Waals surface area contributed by atoms with E-state index in [2.05, 4.69) is 10.2 Å². The first-order valence-electron chi connectivity index (χ1n) is 8.98. The van der Waals surface area contributed by atoms with Crippen molar-refractivity contribution in [2.75, 3.05) is 32.7 Å². The molecule has 0 atom stereocenters. The Labute approximate surface area is 123 Å². The van der Waals surface area contributed by atoms with Crippen LogP contribution >= 0.6 is 0 Å². The Morgan fingerprint density at radius 2 is 1.60 bits per heavy atom. The molecule has 0 aromatic carbocycles. The molecule has 2 heteroatoms. The summed E-state index contributed by atoms with van der Waals surface area (Å²) in [6.45, 7) is 6.39. The Hall–Kier alpha value is -0.340. The summed E-state index contributed by atoms with van der Waals surface area (Å²) in [7, 11) is 0. The van der Waals surface area contributed by atoms with Gasteiger partial charge in [-0.15, -0.1) is 0 Å². The van der Waals surface area contributed by atoms with Gasteiger partial charge in [0.2, 0.25) is 0 Å². The van der Waals surface area contributed by atoms with Gasteiger partial charge in [-0.2, -0.15) is 0 Å². The Bertz CT molecular complexity index is 393. The second kappa shape index (κ2) is 4.58. The Balaban J connectivity index is 1.27. The van der Waals surface area contributed by atoms with E-state index < -0.39 is 0 Å². The van der Waals surface area contributed by atoms with Crippen molar-refractivity contribution in [2.24, 2.45) is 29.6 Å². The van der Waals surface area contributed by atoms with Gasteiger partial charge in [-0.05, 0) is 80.2 Å². The van der Waals surface area contributed by atoms with E-state index in [0.29, 0.717) is 0 Å². The van der Waals surface area contributed by atoms with E-state index in [1.165, 1.54) is 39.1 Å².